The summed E-state index contributed by atoms with van der Waals surface area (Å²) in [7, 11) is 0. The van der Waals surface area contributed by atoms with Crippen LogP contribution in [0.4, 0.5) is 17.3 Å². The Morgan fingerprint density at radius 1 is 1.21 bits per heavy atom. The lowest BCUT2D eigenvalue weighted by atomic mass is 9.98. The first kappa shape index (κ1) is 16.4. The maximum Gasteiger partial charge on any atom is 0.174 e. The Bertz CT molecular complexity index is 721. The van der Waals surface area contributed by atoms with E-state index in [1.54, 1.807) is 6.07 Å². The number of halogens is 1. The minimum atomic E-state index is 0.257. The summed E-state index contributed by atoms with van der Waals surface area (Å²) >= 11 is 6.12. The first-order valence-corrected chi connectivity index (χ1v) is 8.09. The summed E-state index contributed by atoms with van der Waals surface area (Å²) in [5, 5.41) is 26.7. The van der Waals surface area contributed by atoms with Crippen molar-refractivity contribution < 1.29 is 0 Å². The van der Waals surface area contributed by atoms with Gasteiger partial charge < -0.3 is 16.0 Å². The van der Waals surface area contributed by atoms with Crippen LogP contribution in [0.5, 0.6) is 0 Å². The fourth-order valence-electron chi connectivity index (χ4n) is 2.48. The molecule has 0 amide bonds. The molecule has 8 nitrogen and oxygen atoms in total. The molecule has 0 saturated carbocycles. The Kier molecular flexibility index (Phi) is 5.36. The quantitative estimate of drug-likeness (QED) is 0.754. The second-order valence-corrected chi connectivity index (χ2v) is 5.89. The van der Waals surface area contributed by atoms with Crippen molar-refractivity contribution in [2.24, 2.45) is 5.92 Å². The van der Waals surface area contributed by atoms with Crippen LogP contribution in [-0.4, -0.2) is 39.8 Å². The number of piperidine rings is 1. The molecule has 0 bridgehead atoms. The molecule has 1 aliphatic heterocycles. The molecule has 3 N–H and O–H groups in total. The van der Waals surface area contributed by atoms with E-state index >= 15 is 0 Å². The van der Waals surface area contributed by atoms with E-state index in [1.165, 1.54) is 12.4 Å². The average Bonchev–Trinajstić information content (AvgIpc) is 2.63. The summed E-state index contributed by atoms with van der Waals surface area (Å²) in [5.41, 5.74) is 0.987. The first-order valence-electron chi connectivity index (χ1n) is 7.71. The highest BCUT2D eigenvalue weighted by Crippen LogP contribution is 2.23. The fraction of sp³-hybridized carbons (Fsp3) is 0.400. The molecule has 0 spiro atoms. The normalized spacial score (nSPS) is 14.8. The van der Waals surface area contributed by atoms with Gasteiger partial charge in [-0.1, -0.05) is 11.6 Å². The van der Waals surface area contributed by atoms with E-state index in [0.29, 0.717) is 22.7 Å². The predicted molar refractivity (Wildman–Crippen MR) is 91.2 cm³/mol. The minimum absolute atomic E-state index is 0.257. The molecule has 24 heavy (non-hydrogen) atoms. The third kappa shape index (κ3) is 4.28. The molecular weight excluding hydrogens is 328 g/mol. The molecule has 124 valence electrons. The number of rotatable bonds is 5. The molecule has 3 heterocycles. The van der Waals surface area contributed by atoms with Crippen LogP contribution >= 0.6 is 11.6 Å². The van der Waals surface area contributed by atoms with E-state index in [2.05, 4.69) is 36.1 Å². The molecule has 1 fully saturated rings. The Morgan fingerprint density at radius 2 is 2.04 bits per heavy atom. The van der Waals surface area contributed by atoms with Crippen molar-refractivity contribution in [3.63, 3.8) is 0 Å². The second-order valence-electron chi connectivity index (χ2n) is 5.53. The number of anilines is 3. The Hall–Kier alpha value is -2.50. The molecule has 0 atom stereocenters. The number of nitrogens with zero attached hydrogens (tertiary/aromatic N) is 5. The van der Waals surface area contributed by atoms with Gasteiger partial charge in [0, 0.05) is 12.6 Å². The van der Waals surface area contributed by atoms with Gasteiger partial charge in [-0.25, -0.2) is 9.97 Å². The van der Waals surface area contributed by atoms with Crippen LogP contribution in [0, 0.1) is 17.2 Å². The lowest BCUT2D eigenvalue weighted by molar-refractivity contribution is 0.390. The second kappa shape index (κ2) is 7.86. The van der Waals surface area contributed by atoms with E-state index < -0.39 is 0 Å². The van der Waals surface area contributed by atoms with Gasteiger partial charge in [-0.2, -0.15) is 5.26 Å². The predicted octanol–water partition coefficient (Wildman–Crippen LogP) is 1.95. The number of hydrogen-bond acceptors (Lipinski definition) is 8. The zero-order valence-corrected chi connectivity index (χ0v) is 13.7. The third-order valence-corrected chi connectivity index (χ3v) is 4.09. The van der Waals surface area contributed by atoms with Gasteiger partial charge in [-0.05, 0) is 31.8 Å². The van der Waals surface area contributed by atoms with Gasteiger partial charge in [0.15, 0.2) is 16.7 Å². The molecule has 2 aromatic heterocycles. The van der Waals surface area contributed by atoms with Crippen LogP contribution in [0.2, 0.25) is 5.15 Å². The number of hydrogen-bond donors (Lipinski definition) is 3. The Labute approximate surface area is 144 Å². The molecule has 9 heteroatoms. The summed E-state index contributed by atoms with van der Waals surface area (Å²) in [5.74, 6) is 1.61. The van der Waals surface area contributed by atoms with Gasteiger partial charge >= 0.3 is 0 Å². The van der Waals surface area contributed by atoms with Crippen molar-refractivity contribution >= 4 is 28.9 Å². The zero-order valence-electron chi connectivity index (χ0n) is 13.0. The van der Waals surface area contributed by atoms with Gasteiger partial charge in [0.05, 0.1) is 18.1 Å². The zero-order chi connectivity index (χ0) is 16.8. The molecule has 0 aromatic carbocycles. The van der Waals surface area contributed by atoms with Crippen molar-refractivity contribution in [3.05, 3.63) is 29.3 Å². The molecule has 1 aliphatic rings. The van der Waals surface area contributed by atoms with Crippen LogP contribution in [0.15, 0.2) is 18.5 Å². The molecule has 2 aromatic rings. The Balaban J connectivity index is 1.65. The van der Waals surface area contributed by atoms with Crippen LogP contribution in [-0.2, 0) is 0 Å². The van der Waals surface area contributed by atoms with Crippen molar-refractivity contribution in [3.8, 4) is 6.07 Å². The molecule has 0 unspecified atom stereocenters. The van der Waals surface area contributed by atoms with Gasteiger partial charge in [0.25, 0.3) is 0 Å². The van der Waals surface area contributed by atoms with Gasteiger partial charge in [0.1, 0.15) is 11.9 Å². The average molecular weight is 345 g/mol. The van der Waals surface area contributed by atoms with Crippen molar-refractivity contribution in [1.29, 1.82) is 5.26 Å². The standard InChI is InChI=1S/C15H17ClN8/c16-15-12(20-7-10-1-3-18-4-2-10)5-13(23-24-15)22-14-9-19-11(6-17)8-21-14/h5,8-10,18H,1-4,7H2,(H2,20,21,22,23). The SMILES string of the molecule is N#Cc1cnc(Nc2cc(NCC3CCNCC3)c(Cl)nn2)cn1. The van der Waals surface area contributed by atoms with Gasteiger partial charge in [-0.15, -0.1) is 10.2 Å². The Morgan fingerprint density at radius 3 is 2.75 bits per heavy atom. The third-order valence-electron chi connectivity index (χ3n) is 3.81. The fourth-order valence-corrected chi connectivity index (χ4v) is 2.64. The monoisotopic (exact) mass is 344 g/mol. The van der Waals surface area contributed by atoms with Crippen molar-refractivity contribution in [2.75, 3.05) is 30.3 Å². The summed E-state index contributed by atoms with van der Waals surface area (Å²) < 4.78 is 0. The number of nitriles is 1. The summed E-state index contributed by atoms with van der Waals surface area (Å²) in [6, 6.07) is 3.71. The summed E-state index contributed by atoms with van der Waals surface area (Å²) in [6.45, 7) is 2.96. The maximum atomic E-state index is 8.73. The molecule has 0 aliphatic carbocycles. The largest absolute Gasteiger partial charge is 0.382 e. The minimum Gasteiger partial charge on any atom is -0.382 e. The molecular formula is C15H17ClN8. The molecule has 3 rings (SSSR count). The lowest BCUT2D eigenvalue weighted by Gasteiger charge is -2.23. The smallest absolute Gasteiger partial charge is 0.174 e. The highest BCUT2D eigenvalue weighted by Gasteiger charge is 2.14. The van der Waals surface area contributed by atoms with Gasteiger partial charge in [0.2, 0.25) is 0 Å². The number of aromatic nitrogens is 4. The van der Waals surface area contributed by atoms with Crippen LogP contribution in [0.25, 0.3) is 0 Å². The highest BCUT2D eigenvalue weighted by atomic mass is 35.5. The first-order chi connectivity index (χ1) is 11.7. The maximum absolute atomic E-state index is 8.73. The van der Waals surface area contributed by atoms with E-state index in [1.807, 2.05) is 6.07 Å². The highest BCUT2D eigenvalue weighted by molar-refractivity contribution is 6.31. The van der Waals surface area contributed by atoms with Crippen LogP contribution < -0.4 is 16.0 Å². The summed E-state index contributed by atoms with van der Waals surface area (Å²) in [6.07, 6.45) is 5.16. The lowest BCUT2D eigenvalue weighted by Crippen LogP contribution is -2.31. The van der Waals surface area contributed by atoms with E-state index in [-0.39, 0.29) is 5.69 Å². The summed E-state index contributed by atoms with van der Waals surface area (Å²) in [4.78, 5) is 8.04. The topological polar surface area (TPSA) is 111 Å². The van der Waals surface area contributed by atoms with E-state index in [4.69, 9.17) is 16.9 Å². The molecule has 0 radical (unpaired) electrons. The van der Waals surface area contributed by atoms with Gasteiger partial charge in [-0.3, -0.25) is 0 Å². The van der Waals surface area contributed by atoms with Crippen molar-refractivity contribution in [2.45, 2.75) is 12.8 Å². The van der Waals surface area contributed by atoms with Crippen LogP contribution in [0.3, 0.4) is 0 Å². The van der Waals surface area contributed by atoms with E-state index in [0.717, 1.165) is 38.2 Å². The van der Waals surface area contributed by atoms with Crippen LogP contribution in [0.1, 0.15) is 18.5 Å². The van der Waals surface area contributed by atoms with Crippen molar-refractivity contribution in [1.82, 2.24) is 25.5 Å². The number of nitrogens with one attached hydrogen (secondary N) is 3. The van der Waals surface area contributed by atoms with E-state index in [9.17, 15) is 0 Å². The molecule has 1 saturated heterocycles.